The summed E-state index contributed by atoms with van der Waals surface area (Å²) in [6.45, 7) is 8.63. The first-order valence-corrected chi connectivity index (χ1v) is 11.0. The van der Waals surface area contributed by atoms with Gasteiger partial charge >= 0.3 is 6.09 Å². The maximum Gasteiger partial charge on any atom is 0.410 e. The summed E-state index contributed by atoms with van der Waals surface area (Å²) in [6, 6.07) is 10.6. The zero-order chi connectivity index (χ0) is 20.8. The largest absolute Gasteiger partial charge is 0.449 e. The van der Waals surface area contributed by atoms with Crippen molar-refractivity contribution in [1.29, 1.82) is 0 Å². The zero-order valence-corrected chi connectivity index (χ0v) is 17.8. The molecule has 3 heterocycles. The summed E-state index contributed by atoms with van der Waals surface area (Å²) in [5.74, 6) is 0.812. The molecule has 0 aliphatic carbocycles. The third-order valence-corrected chi connectivity index (χ3v) is 5.81. The summed E-state index contributed by atoms with van der Waals surface area (Å²) in [7, 11) is 0. The molecule has 1 aromatic heterocycles. The Morgan fingerprint density at radius 1 is 1.10 bits per heavy atom. The van der Waals surface area contributed by atoms with Crippen LogP contribution in [0.5, 0.6) is 0 Å². The van der Waals surface area contributed by atoms with Gasteiger partial charge in [0.1, 0.15) is 0 Å². The van der Waals surface area contributed by atoms with Crippen molar-refractivity contribution in [3.05, 3.63) is 53.3 Å². The predicted molar refractivity (Wildman–Crippen MR) is 116 cm³/mol. The molecule has 4 rings (SSSR count). The second-order valence-corrected chi connectivity index (χ2v) is 8.03. The van der Waals surface area contributed by atoms with Crippen molar-refractivity contribution in [3.8, 4) is 0 Å². The highest BCUT2D eigenvalue weighted by Crippen LogP contribution is 2.21. The SMILES string of the molecule is CCCCOC(=O)N1CCc2nc(N3CCN(Cc4ccccc4)CC3)ncc2C1. The van der Waals surface area contributed by atoms with Gasteiger partial charge in [0.2, 0.25) is 5.95 Å². The maximum atomic E-state index is 12.2. The number of unbranched alkanes of at least 4 members (excludes halogenated alkanes) is 1. The smallest absolute Gasteiger partial charge is 0.410 e. The maximum absolute atomic E-state index is 12.2. The summed E-state index contributed by atoms with van der Waals surface area (Å²) in [5.41, 5.74) is 3.44. The van der Waals surface area contributed by atoms with E-state index in [4.69, 9.17) is 9.72 Å². The molecule has 1 saturated heterocycles. The van der Waals surface area contributed by atoms with E-state index < -0.39 is 0 Å². The van der Waals surface area contributed by atoms with Crippen LogP contribution in [0.2, 0.25) is 0 Å². The minimum Gasteiger partial charge on any atom is -0.449 e. The van der Waals surface area contributed by atoms with E-state index in [9.17, 15) is 4.79 Å². The van der Waals surface area contributed by atoms with Crippen LogP contribution in [0.1, 0.15) is 36.6 Å². The molecule has 0 N–H and O–H groups in total. The Labute approximate surface area is 178 Å². The van der Waals surface area contributed by atoms with Gasteiger partial charge in [-0.1, -0.05) is 43.7 Å². The number of benzene rings is 1. The van der Waals surface area contributed by atoms with Crippen LogP contribution in [-0.2, 0) is 24.2 Å². The van der Waals surface area contributed by atoms with Gasteiger partial charge in [-0.05, 0) is 12.0 Å². The summed E-state index contributed by atoms with van der Waals surface area (Å²) in [5, 5.41) is 0. The number of rotatable bonds is 6. The number of amides is 1. The molecule has 0 radical (unpaired) electrons. The van der Waals surface area contributed by atoms with Crippen molar-refractivity contribution in [2.75, 3.05) is 44.2 Å². The summed E-state index contributed by atoms with van der Waals surface area (Å²) in [6.07, 6.45) is 4.34. The number of anilines is 1. The lowest BCUT2D eigenvalue weighted by Crippen LogP contribution is -2.46. The highest BCUT2D eigenvalue weighted by molar-refractivity contribution is 5.68. The second kappa shape index (κ2) is 9.89. The lowest BCUT2D eigenvalue weighted by Gasteiger charge is -2.35. The molecular formula is C23H31N5O2. The Bertz CT molecular complexity index is 837. The number of fused-ring (bicyclic) bond motifs is 1. The van der Waals surface area contributed by atoms with Gasteiger partial charge in [0.05, 0.1) is 18.8 Å². The lowest BCUT2D eigenvalue weighted by atomic mass is 10.1. The molecule has 160 valence electrons. The van der Waals surface area contributed by atoms with Gasteiger partial charge in [0, 0.05) is 57.4 Å². The molecule has 7 heteroatoms. The average Bonchev–Trinajstić information content (AvgIpc) is 2.80. The number of nitrogens with zero attached hydrogens (tertiary/aromatic N) is 5. The number of carbonyl (C=O) groups excluding carboxylic acids is 1. The van der Waals surface area contributed by atoms with Crippen LogP contribution in [0.15, 0.2) is 36.5 Å². The molecule has 7 nitrogen and oxygen atoms in total. The molecule has 1 aromatic carbocycles. The number of piperazine rings is 1. The first-order chi connectivity index (χ1) is 14.7. The molecule has 2 aliphatic heterocycles. The number of hydrogen-bond donors (Lipinski definition) is 0. The van der Waals surface area contributed by atoms with E-state index in [0.717, 1.165) is 69.2 Å². The molecule has 1 amide bonds. The fourth-order valence-corrected chi connectivity index (χ4v) is 3.96. The molecule has 0 saturated carbocycles. The van der Waals surface area contributed by atoms with Gasteiger partial charge in [-0.2, -0.15) is 0 Å². The van der Waals surface area contributed by atoms with E-state index in [2.05, 4.69) is 52.0 Å². The molecule has 2 aliphatic rings. The van der Waals surface area contributed by atoms with Crippen LogP contribution in [-0.4, -0.2) is 65.2 Å². The summed E-state index contributed by atoms with van der Waals surface area (Å²) in [4.78, 5) is 28.2. The average molecular weight is 410 g/mol. The summed E-state index contributed by atoms with van der Waals surface area (Å²) < 4.78 is 5.34. The van der Waals surface area contributed by atoms with Crippen molar-refractivity contribution in [2.24, 2.45) is 0 Å². The topological polar surface area (TPSA) is 61.8 Å². The Kier molecular flexibility index (Phi) is 6.79. The monoisotopic (exact) mass is 409 g/mol. The van der Waals surface area contributed by atoms with E-state index in [1.807, 2.05) is 6.20 Å². The van der Waals surface area contributed by atoms with Gasteiger partial charge in [-0.15, -0.1) is 0 Å². The standard InChI is InChI=1S/C23H31N5O2/c1-2-3-15-30-23(29)28-10-9-21-20(18-28)16-24-22(25-21)27-13-11-26(12-14-27)17-19-7-5-4-6-8-19/h4-8,16H,2-3,9-15,17-18H2,1H3. The minimum atomic E-state index is -0.229. The first-order valence-electron chi connectivity index (χ1n) is 11.0. The van der Waals surface area contributed by atoms with E-state index in [-0.39, 0.29) is 6.09 Å². The number of aromatic nitrogens is 2. The van der Waals surface area contributed by atoms with Gasteiger partial charge in [-0.3, -0.25) is 4.90 Å². The quantitative estimate of drug-likeness (QED) is 0.684. The van der Waals surface area contributed by atoms with E-state index in [1.54, 1.807) is 4.90 Å². The number of hydrogen-bond acceptors (Lipinski definition) is 6. The molecule has 0 bridgehead atoms. The van der Waals surface area contributed by atoms with Gasteiger partial charge in [0.15, 0.2) is 0 Å². The molecule has 0 atom stereocenters. The third kappa shape index (κ3) is 5.08. The Hall–Kier alpha value is -2.67. The highest BCUT2D eigenvalue weighted by atomic mass is 16.6. The van der Waals surface area contributed by atoms with Gasteiger partial charge in [-0.25, -0.2) is 14.8 Å². The fourth-order valence-electron chi connectivity index (χ4n) is 3.96. The highest BCUT2D eigenvalue weighted by Gasteiger charge is 2.25. The van der Waals surface area contributed by atoms with E-state index in [1.165, 1.54) is 5.56 Å². The van der Waals surface area contributed by atoms with Crippen LogP contribution >= 0.6 is 0 Å². The molecular weight excluding hydrogens is 378 g/mol. The van der Waals surface area contributed by atoms with E-state index >= 15 is 0 Å². The van der Waals surface area contributed by atoms with Crippen LogP contribution in [0, 0.1) is 0 Å². The predicted octanol–water partition coefficient (Wildman–Crippen LogP) is 3.09. The van der Waals surface area contributed by atoms with Crippen molar-refractivity contribution in [3.63, 3.8) is 0 Å². The Morgan fingerprint density at radius 2 is 1.90 bits per heavy atom. The van der Waals surface area contributed by atoms with Crippen LogP contribution in [0.4, 0.5) is 10.7 Å². The van der Waals surface area contributed by atoms with Crippen LogP contribution in [0.25, 0.3) is 0 Å². The van der Waals surface area contributed by atoms with Crippen molar-refractivity contribution in [1.82, 2.24) is 19.8 Å². The number of carbonyl (C=O) groups is 1. The fraction of sp³-hybridized carbons (Fsp3) is 0.522. The molecule has 0 spiro atoms. The van der Waals surface area contributed by atoms with E-state index in [0.29, 0.717) is 19.7 Å². The minimum absolute atomic E-state index is 0.229. The van der Waals surface area contributed by atoms with Crippen molar-refractivity contribution < 1.29 is 9.53 Å². The Balaban J connectivity index is 1.30. The second-order valence-electron chi connectivity index (χ2n) is 8.03. The lowest BCUT2D eigenvalue weighted by molar-refractivity contribution is 0.0963. The van der Waals surface area contributed by atoms with Crippen LogP contribution < -0.4 is 4.90 Å². The third-order valence-electron chi connectivity index (χ3n) is 5.81. The van der Waals surface area contributed by atoms with Crippen molar-refractivity contribution in [2.45, 2.75) is 39.3 Å². The first kappa shape index (κ1) is 20.6. The van der Waals surface area contributed by atoms with Gasteiger partial charge in [0.25, 0.3) is 0 Å². The van der Waals surface area contributed by atoms with Crippen molar-refractivity contribution >= 4 is 12.0 Å². The van der Waals surface area contributed by atoms with Gasteiger partial charge < -0.3 is 14.5 Å². The molecule has 1 fully saturated rings. The zero-order valence-electron chi connectivity index (χ0n) is 17.8. The van der Waals surface area contributed by atoms with Crippen LogP contribution in [0.3, 0.4) is 0 Å². The molecule has 2 aromatic rings. The number of ether oxygens (including phenoxy) is 1. The summed E-state index contributed by atoms with van der Waals surface area (Å²) >= 11 is 0. The molecule has 0 unspecified atom stereocenters. The molecule has 30 heavy (non-hydrogen) atoms. The normalized spacial score (nSPS) is 17.0. The Morgan fingerprint density at radius 3 is 2.67 bits per heavy atom.